The SMILES string of the molecule is COc1cc(-c2oc3c(OC)cc(C=O)cc3c2I)ccc1OCc1ccccc1. The van der Waals surface area contributed by atoms with E-state index in [9.17, 15) is 4.79 Å². The lowest BCUT2D eigenvalue weighted by atomic mass is 10.1. The van der Waals surface area contributed by atoms with Gasteiger partial charge in [-0.1, -0.05) is 30.3 Å². The monoisotopic (exact) mass is 514 g/mol. The fraction of sp³-hybridized carbons (Fsp3) is 0.125. The Kier molecular flexibility index (Phi) is 5.94. The van der Waals surface area contributed by atoms with Crippen molar-refractivity contribution in [2.45, 2.75) is 6.61 Å². The zero-order valence-corrected chi connectivity index (χ0v) is 18.6. The van der Waals surface area contributed by atoms with Crippen molar-refractivity contribution in [3.8, 4) is 28.6 Å². The normalized spacial score (nSPS) is 10.8. The van der Waals surface area contributed by atoms with Crippen LogP contribution < -0.4 is 14.2 Å². The summed E-state index contributed by atoms with van der Waals surface area (Å²) in [7, 11) is 3.16. The molecule has 4 rings (SSSR count). The second-order valence-corrected chi connectivity index (χ2v) is 7.68. The van der Waals surface area contributed by atoms with Gasteiger partial charge in [0.05, 0.1) is 17.8 Å². The van der Waals surface area contributed by atoms with Crippen LogP contribution in [0.1, 0.15) is 15.9 Å². The van der Waals surface area contributed by atoms with Gasteiger partial charge in [0.25, 0.3) is 0 Å². The Bertz CT molecular complexity index is 1200. The first kappa shape index (κ1) is 20.3. The van der Waals surface area contributed by atoms with Crippen molar-refractivity contribution in [3.63, 3.8) is 0 Å². The first-order valence-electron chi connectivity index (χ1n) is 9.25. The topological polar surface area (TPSA) is 57.9 Å². The molecule has 152 valence electrons. The average Bonchev–Trinajstić information content (AvgIpc) is 3.14. The molecular formula is C24H19IO5. The minimum absolute atomic E-state index is 0.449. The number of rotatable bonds is 7. The minimum atomic E-state index is 0.449. The average molecular weight is 514 g/mol. The summed E-state index contributed by atoms with van der Waals surface area (Å²) in [5.41, 5.74) is 3.06. The summed E-state index contributed by atoms with van der Waals surface area (Å²) in [5, 5.41) is 0.829. The van der Waals surface area contributed by atoms with E-state index in [1.54, 1.807) is 26.4 Å². The van der Waals surface area contributed by atoms with Crippen molar-refractivity contribution < 1.29 is 23.4 Å². The number of hydrogen-bond donors (Lipinski definition) is 0. The van der Waals surface area contributed by atoms with Crippen LogP contribution in [0.3, 0.4) is 0 Å². The number of carbonyl (C=O) groups excluding carboxylic acids is 1. The molecule has 4 aromatic rings. The summed E-state index contributed by atoms with van der Waals surface area (Å²) in [4.78, 5) is 11.3. The van der Waals surface area contributed by atoms with E-state index >= 15 is 0 Å². The molecule has 5 nitrogen and oxygen atoms in total. The molecule has 6 heteroatoms. The highest BCUT2D eigenvalue weighted by Gasteiger charge is 2.19. The predicted molar refractivity (Wildman–Crippen MR) is 124 cm³/mol. The number of aldehydes is 1. The summed E-state index contributed by atoms with van der Waals surface area (Å²) in [6.07, 6.45) is 0.798. The summed E-state index contributed by atoms with van der Waals surface area (Å²) < 4.78 is 23.9. The maximum Gasteiger partial charge on any atom is 0.177 e. The Hall–Kier alpha value is -3.00. The van der Waals surface area contributed by atoms with Crippen molar-refractivity contribution in [2.24, 2.45) is 0 Å². The molecule has 30 heavy (non-hydrogen) atoms. The zero-order valence-electron chi connectivity index (χ0n) is 16.5. The van der Waals surface area contributed by atoms with Crippen LogP contribution in [0.15, 0.2) is 65.1 Å². The van der Waals surface area contributed by atoms with Gasteiger partial charge < -0.3 is 18.6 Å². The number of fused-ring (bicyclic) bond motifs is 1. The molecule has 1 heterocycles. The van der Waals surface area contributed by atoms with E-state index in [1.807, 2.05) is 48.5 Å². The smallest absolute Gasteiger partial charge is 0.177 e. The molecule has 0 aliphatic heterocycles. The predicted octanol–water partition coefficient (Wildman–Crippen LogP) is 6.11. The molecular weight excluding hydrogens is 495 g/mol. The van der Waals surface area contributed by atoms with Gasteiger partial charge in [-0.2, -0.15) is 0 Å². The largest absolute Gasteiger partial charge is 0.493 e. The van der Waals surface area contributed by atoms with E-state index in [1.165, 1.54) is 0 Å². The number of hydrogen-bond acceptors (Lipinski definition) is 5. The number of furan rings is 1. The molecule has 0 saturated carbocycles. The Labute approximate surface area is 187 Å². The molecule has 0 fully saturated rings. The Morgan fingerprint density at radius 3 is 2.40 bits per heavy atom. The maximum absolute atomic E-state index is 11.3. The molecule has 0 aliphatic rings. The first-order valence-corrected chi connectivity index (χ1v) is 10.3. The molecule has 0 atom stereocenters. The Morgan fingerprint density at radius 1 is 0.933 bits per heavy atom. The third-order valence-corrected chi connectivity index (χ3v) is 5.81. The lowest BCUT2D eigenvalue weighted by molar-refractivity contribution is 0.112. The number of methoxy groups -OCH3 is 2. The van der Waals surface area contributed by atoms with Crippen LogP contribution in [0, 0.1) is 3.57 Å². The second kappa shape index (κ2) is 8.79. The molecule has 0 saturated heterocycles. The standard InChI is InChI=1S/C24H19IO5/c1-27-20-12-17(8-9-19(20)29-14-15-6-4-3-5-7-15)23-22(25)18-10-16(13-26)11-21(28-2)24(18)30-23/h3-13H,14H2,1-2H3. The van der Waals surface area contributed by atoms with Crippen LogP contribution in [0.5, 0.6) is 17.2 Å². The van der Waals surface area contributed by atoms with Crippen LogP contribution in [0.2, 0.25) is 0 Å². The van der Waals surface area contributed by atoms with E-state index in [2.05, 4.69) is 22.6 Å². The van der Waals surface area contributed by atoms with Gasteiger partial charge in [0.15, 0.2) is 22.8 Å². The fourth-order valence-electron chi connectivity index (χ4n) is 3.23. The van der Waals surface area contributed by atoms with Gasteiger partial charge in [0.1, 0.15) is 18.7 Å². The highest BCUT2D eigenvalue weighted by molar-refractivity contribution is 14.1. The number of halogens is 1. The second-order valence-electron chi connectivity index (χ2n) is 6.60. The van der Waals surface area contributed by atoms with Crippen molar-refractivity contribution in [1.29, 1.82) is 0 Å². The third kappa shape index (κ3) is 3.87. The molecule has 0 spiro atoms. The van der Waals surface area contributed by atoms with Gasteiger partial charge in [0, 0.05) is 16.5 Å². The van der Waals surface area contributed by atoms with E-state index in [0.29, 0.717) is 40.8 Å². The van der Waals surface area contributed by atoms with Gasteiger partial charge in [-0.25, -0.2) is 0 Å². The Morgan fingerprint density at radius 2 is 1.70 bits per heavy atom. The molecule has 0 unspecified atom stereocenters. The van der Waals surface area contributed by atoms with Crippen molar-refractivity contribution in [3.05, 3.63) is 75.4 Å². The molecule has 0 radical (unpaired) electrons. The van der Waals surface area contributed by atoms with E-state index < -0.39 is 0 Å². The summed E-state index contributed by atoms with van der Waals surface area (Å²) >= 11 is 2.22. The lowest BCUT2D eigenvalue weighted by Gasteiger charge is -2.12. The van der Waals surface area contributed by atoms with Gasteiger partial charge in [0.2, 0.25) is 0 Å². The summed E-state index contributed by atoms with van der Waals surface area (Å²) in [6.45, 7) is 0.449. The number of carbonyl (C=O) groups is 1. The van der Waals surface area contributed by atoms with E-state index in [4.69, 9.17) is 18.6 Å². The minimum Gasteiger partial charge on any atom is -0.493 e. The molecule has 0 amide bonds. The van der Waals surface area contributed by atoms with E-state index in [-0.39, 0.29) is 0 Å². The maximum atomic E-state index is 11.3. The van der Waals surface area contributed by atoms with Crippen LogP contribution in [-0.4, -0.2) is 20.5 Å². The molecule has 0 bridgehead atoms. The van der Waals surface area contributed by atoms with Crippen LogP contribution in [-0.2, 0) is 6.61 Å². The molecule has 3 aromatic carbocycles. The Balaban J connectivity index is 1.71. The molecule has 0 N–H and O–H groups in total. The lowest BCUT2D eigenvalue weighted by Crippen LogP contribution is -1.97. The first-order chi connectivity index (χ1) is 14.6. The quantitative estimate of drug-likeness (QED) is 0.220. The van der Waals surface area contributed by atoms with Crippen LogP contribution >= 0.6 is 22.6 Å². The summed E-state index contributed by atoms with van der Waals surface area (Å²) in [5.74, 6) is 2.46. The number of benzene rings is 3. The van der Waals surface area contributed by atoms with Gasteiger partial charge in [-0.15, -0.1) is 0 Å². The highest BCUT2D eigenvalue weighted by Crippen LogP contribution is 2.41. The molecule has 0 aliphatic carbocycles. The van der Waals surface area contributed by atoms with Crippen LogP contribution in [0.4, 0.5) is 0 Å². The van der Waals surface area contributed by atoms with Crippen molar-refractivity contribution in [2.75, 3.05) is 14.2 Å². The van der Waals surface area contributed by atoms with Gasteiger partial charge in [-0.3, -0.25) is 4.79 Å². The van der Waals surface area contributed by atoms with Gasteiger partial charge >= 0.3 is 0 Å². The highest BCUT2D eigenvalue weighted by atomic mass is 127. The fourth-order valence-corrected chi connectivity index (χ4v) is 4.05. The van der Waals surface area contributed by atoms with Crippen LogP contribution in [0.25, 0.3) is 22.3 Å². The molecule has 1 aromatic heterocycles. The van der Waals surface area contributed by atoms with Gasteiger partial charge in [-0.05, 0) is 58.5 Å². The zero-order chi connectivity index (χ0) is 21.1. The number of ether oxygens (including phenoxy) is 3. The summed E-state index contributed by atoms with van der Waals surface area (Å²) in [6, 6.07) is 19.1. The van der Waals surface area contributed by atoms with Crippen molar-refractivity contribution in [1.82, 2.24) is 0 Å². The third-order valence-electron chi connectivity index (χ3n) is 4.74. The van der Waals surface area contributed by atoms with Crippen molar-refractivity contribution >= 4 is 39.8 Å². The van der Waals surface area contributed by atoms with E-state index in [0.717, 1.165) is 26.4 Å².